The lowest BCUT2D eigenvalue weighted by Crippen LogP contribution is -2.32. The lowest BCUT2D eigenvalue weighted by Gasteiger charge is -2.15. The van der Waals surface area contributed by atoms with Crippen LogP contribution in [0, 0.1) is 0 Å². The number of methoxy groups -OCH3 is 1. The number of amides is 2. The second-order valence-corrected chi connectivity index (χ2v) is 5.89. The summed E-state index contributed by atoms with van der Waals surface area (Å²) in [6.45, 7) is 2.06. The molecule has 1 aliphatic heterocycles. The zero-order chi connectivity index (χ0) is 18.0. The van der Waals surface area contributed by atoms with Gasteiger partial charge in [-0.05, 0) is 48.4 Å². The summed E-state index contributed by atoms with van der Waals surface area (Å²) in [6, 6.07) is 14.2. The first-order chi connectivity index (χ1) is 12.0. The molecule has 0 aromatic heterocycles. The van der Waals surface area contributed by atoms with Crippen molar-refractivity contribution in [2.75, 3.05) is 17.3 Å². The number of nitrogens with one attached hydrogen (secondary N) is 1. The number of hydrogen-bond donors (Lipinski definition) is 1. The lowest BCUT2D eigenvalue weighted by atomic mass is 10.1. The van der Waals surface area contributed by atoms with Crippen molar-refractivity contribution in [1.82, 2.24) is 0 Å². The summed E-state index contributed by atoms with van der Waals surface area (Å²) in [5.41, 5.74) is 2.39. The van der Waals surface area contributed by atoms with Gasteiger partial charge in [0.15, 0.2) is 0 Å². The zero-order valence-electron chi connectivity index (χ0n) is 13.9. The van der Waals surface area contributed by atoms with E-state index in [1.807, 2.05) is 24.3 Å². The van der Waals surface area contributed by atoms with Crippen molar-refractivity contribution in [2.24, 2.45) is 0 Å². The zero-order valence-corrected chi connectivity index (χ0v) is 14.6. The van der Waals surface area contributed by atoms with Crippen LogP contribution in [0.2, 0.25) is 0 Å². The number of halogens is 1. The monoisotopic (exact) mass is 356 g/mol. The Labute approximate surface area is 150 Å². The first kappa shape index (κ1) is 17.0. The van der Waals surface area contributed by atoms with Crippen LogP contribution in [-0.2, 0) is 16.0 Å². The van der Waals surface area contributed by atoms with E-state index >= 15 is 0 Å². The molecule has 128 valence electrons. The van der Waals surface area contributed by atoms with Crippen molar-refractivity contribution in [3.63, 3.8) is 0 Å². The van der Waals surface area contributed by atoms with Crippen LogP contribution >= 0.6 is 11.6 Å². The Kier molecular flexibility index (Phi) is 4.76. The summed E-state index contributed by atoms with van der Waals surface area (Å²) in [4.78, 5) is 26.1. The Balaban J connectivity index is 1.85. The van der Waals surface area contributed by atoms with E-state index in [0.29, 0.717) is 17.1 Å². The van der Waals surface area contributed by atoms with Gasteiger partial charge in [0, 0.05) is 5.69 Å². The van der Waals surface area contributed by atoms with E-state index in [0.717, 1.165) is 11.3 Å². The van der Waals surface area contributed by atoms with Gasteiger partial charge in [-0.25, -0.2) is 4.90 Å². The standard InChI is InChI=1S/C19H17ClN2O3/c1-3-12-4-6-13(7-5-12)21-17-16(20)18(23)22(19(17)24)14-8-10-15(25-2)11-9-14/h4-11,21H,3H2,1-2H3. The Morgan fingerprint density at radius 1 is 1.00 bits per heavy atom. The van der Waals surface area contributed by atoms with Gasteiger partial charge in [-0.1, -0.05) is 30.7 Å². The fourth-order valence-electron chi connectivity index (χ4n) is 2.55. The van der Waals surface area contributed by atoms with Crippen LogP contribution in [0.5, 0.6) is 5.75 Å². The molecule has 0 fully saturated rings. The number of rotatable bonds is 5. The minimum Gasteiger partial charge on any atom is -0.497 e. The molecule has 2 amide bonds. The van der Waals surface area contributed by atoms with E-state index in [-0.39, 0.29) is 10.7 Å². The number of anilines is 2. The number of hydrogen-bond acceptors (Lipinski definition) is 4. The van der Waals surface area contributed by atoms with Crippen molar-refractivity contribution in [3.8, 4) is 5.75 Å². The number of imide groups is 1. The van der Waals surface area contributed by atoms with Crippen LogP contribution in [0.4, 0.5) is 11.4 Å². The molecule has 1 heterocycles. The van der Waals surface area contributed by atoms with Gasteiger partial charge in [-0.15, -0.1) is 0 Å². The van der Waals surface area contributed by atoms with Gasteiger partial charge in [0.2, 0.25) is 0 Å². The minimum absolute atomic E-state index is 0.0757. The Hall–Kier alpha value is -2.79. The Morgan fingerprint density at radius 2 is 1.64 bits per heavy atom. The molecule has 0 saturated carbocycles. The predicted octanol–water partition coefficient (Wildman–Crippen LogP) is 3.69. The number of carbonyl (C=O) groups is 2. The summed E-state index contributed by atoms with van der Waals surface area (Å²) >= 11 is 6.12. The number of nitrogens with zero attached hydrogens (tertiary/aromatic N) is 1. The smallest absolute Gasteiger partial charge is 0.283 e. The maximum atomic E-state index is 12.7. The van der Waals surface area contributed by atoms with Crippen molar-refractivity contribution < 1.29 is 14.3 Å². The highest BCUT2D eigenvalue weighted by molar-refractivity contribution is 6.53. The second-order valence-electron chi connectivity index (χ2n) is 5.51. The Bertz CT molecular complexity index is 842. The van der Waals surface area contributed by atoms with E-state index in [1.165, 1.54) is 5.56 Å². The average molecular weight is 357 g/mol. The third kappa shape index (κ3) is 3.23. The third-order valence-corrected chi connectivity index (χ3v) is 4.34. The first-order valence-corrected chi connectivity index (χ1v) is 8.21. The van der Waals surface area contributed by atoms with Crippen molar-refractivity contribution in [3.05, 3.63) is 64.8 Å². The average Bonchev–Trinajstić information content (AvgIpc) is 2.86. The lowest BCUT2D eigenvalue weighted by molar-refractivity contribution is -0.120. The normalized spacial score (nSPS) is 14.3. The molecule has 25 heavy (non-hydrogen) atoms. The molecule has 2 aromatic carbocycles. The van der Waals surface area contributed by atoms with E-state index in [1.54, 1.807) is 31.4 Å². The van der Waals surface area contributed by atoms with Crippen LogP contribution in [0.15, 0.2) is 59.3 Å². The third-order valence-electron chi connectivity index (χ3n) is 3.99. The highest BCUT2D eigenvalue weighted by atomic mass is 35.5. The van der Waals surface area contributed by atoms with Crippen LogP contribution in [0.25, 0.3) is 0 Å². The molecule has 1 aliphatic rings. The minimum atomic E-state index is -0.551. The van der Waals surface area contributed by atoms with E-state index in [4.69, 9.17) is 16.3 Å². The molecule has 0 aliphatic carbocycles. The molecular formula is C19H17ClN2O3. The number of carbonyl (C=O) groups excluding carboxylic acids is 2. The molecular weight excluding hydrogens is 340 g/mol. The number of aryl methyl sites for hydroxylation is 1. The maximum Gasteiger partial charge on any atom is 0.283 e. The van der Waals surface area contributed by atoms with Gasteiger partial charge in [0.05, 0.1) is 12.8 Å². The summed E-state index contributed by atoms with van der Waals surface area (Å²) < 4.78 is 5.09. The molecule has 0 saturated heterocycles. The topological polar surface area (TPSA) is 58.6 Å². The molecule has 0 unspecified atom stereocenters. The van der Waals surface area contributed by atoms with E-state index in [9.17, 15) is 9.59 Å². The summed E-state index contributed by atoms with van der Waals surface area (Å²) in [7, 11) is 1.55. The van der Waals surface area contributed by atoms with Crippen molar-refractivity contribution >= 4 is 34.8 Å². The van der Waals surface area contributed by atoms with E-state index in [2.05, 4.69) is 12.2 Å². The van der Waals surface area contributed by atoms with Gasteiger partial charge in [-0.3, -0.25) is 9.59 Å². The molecule has 6 heteroatoms. The molecule has 5 nitrogen and oxygen atoms in total. The Morgan fingerprint density at radius 3 is 2.20 bits per heavy atom. The fraction of sp³-hybridized carbons (Fsp3) is 0.158. The predicted molar refractivity (Wildman–Crippen MR) is 97.8 cm³/mol. The van der Waals surface area contributed by atoms with Crippen LogP contribution in [0.1, 0.15) is 12.5 Å². The van der Waals surface area contributed by atoms with Gasteiger partial charge in [0.1, 0.15) is 16.5 Å². The van der Waals surface area contributed by atoms with Crippen LogP contribution in [0.3, 0.4) is 0 Å². The first-order valence-electron chi connectivity index (χ1n) is 7.83. The second kappa shape index (κ2) is 6.99. The van der Waals surface area contributed by atoms with E-state index < -0.39 is 11.8 Å². The van der Waals surface area contributed by atoms with Gasteiger partial charge >= 0.3 is 0 Å². The van der Waals surface area contributed by atoms with Crippen molar-refractivity contribution in [2.45, 2.75) is 13.3 Å². The van der Waals surface area contributed by atoms with Crippen molar-refractivity contribution in [1.29, 1.82) is 0 Å². The molecule has 0 spiro atoms. The van der Waals surface area contributed by atoms with Gasteiger partial charge < -0.3 is 10.1 Å². The SMILES string of the molecule is CCc1ccc(NC2=C(Cl)C(=O)N(c3ccc(OC)cc3)C2=O)cc1. The summed E-state index contributed by atoms with van der Waals surface area (Å²) in [6.07, 6.45) is 0.923. The van der Waals surface area contributed by atoms with Crippen LogP contribution < -0.4 is 15.0 Å². The summed E-state index contributed by atoms with van der Waals surface area (Å²) in [5, 5.41) is 2.83. The molecule has 0 atom stereocenters. The van der Waals surface area contributed by atoms with Gasteiger partial charge in [0.25, 0.3) is 11.8 Å². The molecule has 3 rings (SSSR count). The van der Waals surface area contributed by atoms with Crippen LogP contribution in [-0.4, -0.2) is 18.9 Å². The maximum absolute atomic E-state index is 12.7. The molecule has 0 radical (unpaired) electrons. The number of benzene rings is 2. The van der Waals surface area contributed by atoms with Gasteiger partial charge in [-0.2, -0.15) is 0 Å². The molecule has 1 N–H and O–H groups in total. The summed E-state index contributed by atoms with van der Waals surface area (Å²) in [5.74, 6) is -0.402. The quantitative estimate of drug-likeness (QED) is 0.830. The molecule has 0 bridgehead atoms. The largest absolute Gasteiger partial charge is 0.497 e. The molecule has 2 aromatic rings. The fourth-order valence-corrected chi connectivity index (χ4v) is 2.76. The highest BCUT2D eigenvalue weighted by Gasteiger charge is 2.38. The number of ether oxygens (including phenoxy) is 1. The highest BCUT2D eigenvalue weighted by Crippen LogP contribution is 2.31.